The number of hydrogen-bond donors (Lipinski definition) is 1. The minimum Gasteiger partial charge on any atom is -0.449 e. The molecule has 4 nitrogen and oxygen atoms in total. The van der Waals surface area contributed by atoms with Crippen LogP contribution < -0.4 is 9.92 Å². The molecule has 2 N–H and O–H groups in total. The monoisotopic (exact) mass is 300 g/mol. The van der Waals surface area contributed by atoms with Crippen molar-refractivity contribution in [3.05, 3.63) is 28.8 Å². The first-order chi connectivity index (χ1) is 8.52. The van der Waals surface area contributed by atoms with Crippen molar-refractivity contribution in [3.8, 4) is 5.75 Å². The van der Waals surface area contributed by atoms with E-state index in [1.54, 1.807) is 0 Å². The van der Waals surface area contributed by atoms with Gasteiger partial charge in [-0.3, -0.25) is 0 Å². The molecule has 1 aromatic carbocycles. The molecule has 0 heterocycles. The average molecular weight is 300 g/mol. The van der Waals surface area contributed by atoms with Crippen molar-refractivity contribution in [2.45, 2.75) is 19.8 Å². The van der Waals surface area contributed by atoms with Gasteiger partial charge in [0, 0.05) is 6.54 Å². The predicted octanol–water partition coefficient (Wildman–Crippen LogP) is 1.98. The number of halogens is 4. The molecule has 19 heavy (non-hydrogen) atoms. The highest BCUT2D eigenvalue weighted by Crippen LogP contribution is 2.29. The average Bonchev–Trinajstić information content (AvgIpc) is 2.19. The highest BCUT2D eigenvalue weighted by Gasteiger charge is 2.25. The molecular formula is C9H11BF4NO3S-. The summed E-state index contributed by atoms with van der Waals surface area (Å²) in [6.07, 6.45) is -1.22. The Kier molecular flexibility index (Phi) is 4.46. The third kappa shape index (κ3) is 5.07. The molecule has 108 valence electrons. The van der Waals surface area contributed by atoms with E-state index >= 15 is 0 Å². The molecule has 0 aliphatic rings. The SMILES string of the molecule is Cc1c(C[B-](F)(F)F)cc(CN)cc1OS(=O)(=O)F. The summed E-state index contributed by atoms with van der Waals surface area (Å²) >= 11 is 0. The first kappa shape index (κ1) is 15.8. The number of hydrogen-bond acceptors (Lipinski definition) is 4. The first-order valence-electron chi connectivity index (χ1n) is 5.19. The Balaban J connectivity index is 3.28. The van der Waals surface area contributed by atoms with Crippen LogP contribution in [0.25, 0.3) is 0 Å². The van der Waals surface area contributed by atoms with Gasteiger partial charge in [-0.1, -0.05) is 21.8 Å². The molecule has 0 aliphatic carbocycles. The van der Waals surface area contributed by atoms with Crippen LogP contribution in [0, 0.1) is 6.92 Å². The van der Waals surface area contributed by atoms with E-state index in [2.05, 4.69) is 4.18 Å². The van der Waals surface area contributed by atoms with Gasteiger partial charge in [0.15, 0.2) is 0 Å². The molecule has 1 rings (SSSR count). The topological polar surface area (TPSA) is 69.4 Å². The number of rotatable bonds is 5. The highest BCUT2D eigenvalue weighted by atomic mass is 32.3. The molecule has 0 atom stereocenters. The molecule has 0 aromatic heterocycles. The summed E-state index contributed by atoms with van der Waals surface area (Å²) in [6.45, 7) is -4.02. The Morgan fingerprint density at radius 2 is 1.89 bits per heavy atom. The summed E-state index contributed by atoms with van der Waals surface area (Å²) < 4.78 is 74.6. The lowest BCUT2D eigenvalue weighted by atomic mass is 9.79. The molecule has 0 unspecified atom stereocenters. The van der Waals surface area contributed by atoms with E-state index in [9.17, 15) is 25.3 Å². The Bertz CT molecular complexity index is 574. The lowest BCUT2D eigenvalue weighted by molar-refractivity contribution is 0.438. The molecule has 1 aromatic rings. The predicted molar refractivity (Wildman–Crippen MR) is 62.5 cm³/mol. The Morgan fingerprint density at radius 1 is 1.32 bits per heavy atom. The molecular weight excluding hydrogens is 289 g/mol. The standard InChI is InChI=1S/C9H11BF4NO3S/c1-6-8(4-10(11,12)13)2-7(5-15)3-9(6)18-19(14,16)17/h2-3H,4-5,15H2,1H3/q-1. The summed E-state index contributed by atoms with van der Waals surface area (Å²) in [5.41, 5.74) is 5.24. The van der Waals surface area contributed by atoms with Gasteiger partial charge in [-0.25, -0.2) is 0 Å². The smallest absolute Gasteiger partial charge is 0.449 e. The van der Waals surface area contributed by atoms with Gasteiger partial charge in [0.05, 0.1) is 0 Å². The van der Waals surface area contributed by atoms with Crippen LogP contribution in [0.1, 0.15) is 16.7 Å². The first-order valence-corrected chi connectivity index (χ1v) is 6.50. The van der Waals surface area contributed by atoms with Gasteiger partial charge < -0.3 is 22.9 Å². The van der Waals surface area contributed by atoms with Gasteiger partial charge in [-0.2, -0.15) is 8.42 Å². The van der Waals surface area contributed by atoms with E-state index in [1.807, 2.05) is 0 Å². The van der Waals surface area contributed by atoms with E-state index in [0.717, 1.165) is 6.07 Å². The normalized spacial score (nSPS) is 12.5. The fourth-order valence-electron chi connectivity index (χ4n) is 1.58. The highest BCUT2D eigenvalue weighted by molar-refractivity contribution is 7.81. The second-order valence-electron chi connectivity index (χ2n) is 3.97. The van der Waals surface area contributed by atoms with Gasteiger partial charge in [0.1, 0.15) is 5.75 Å². The fraction of sp³-hybridized carbons (Fsp3) is 0.333. The minimum atomic E-state index is -5.30. The summed E-state index contributed by atoms with van der Waals surface area (Å²) in [6, 6.07) is 2.29. The summed E-state index contributed by atoms with van der Waals surface area (Å²) in [5, 5.41) is 0. The maximum absolute atomic E-state index is 12.5. The maximum atomic E-state index is 12.5. The molecule has 0 amide bonds. The molecule has 0 bridgehead atoms. The zero-order valence-electron chi connectivity index (χ0n) is 9.87. The van der Waals surface area contributed by atoms with Gasteiger partial charge in [0.25, 0.3) is 0 Å². The molecule has 0 spiro atoms. The summed E-state index contributed by atoms with van der Waals surface area (Å²) in [7, 11) is -5.30. The van der Waals surface area contributed by atoms with Crippen LogP contribution in [0.4, 0.5) is 16.8 Å². The summed E-state index contributed by atoms with van der Waals surface area (Å²) in [5.74, 6) is -0.486. The van der Waals surface area contributed by atoms with Gasteiger partial charge in [-0.05, 0) is 24.1 Å². The van der Waals surface area contributed by atoms with E-state index < -0.39 is 29.6 Å². The Labute approximate surface area is 108 Å². The number of nitrogens with two attached hydrogens (primary N) is 1. The van der Waals surface area contributed by atoms with Crippen molar-refractivity contribution < 1.29 is 29.4 Å². The molecule has 0 radical (unpaired) electrons. The van der Waals surface area contributed by atoms with Crippen molar-refractivity contribution in [1.29, 1.82) is 0 Å². The molecule has 0 saturated heterocycles. The van der Waals surface area contributed by atoms with Crippen LogP contribution in [-0.2, 0) is 23.4 Å². The van der Waals surface area contributed by atoms with Gasteiger partial charge in [-0.15, -0.1) is 0 Å². The third-order valence-corrected chi connectivity index (χ3v) is 2.78. The van der Waals surface area contributed by atoms with E-state index in [0.29, 0.717) is 0 Å². The van der Waals surface area contributed by atoms with Crippen LogP contribution >= 0.6 is 0 Å². The van der Waals surface area contributed by atoms with Crippen LogP contribution in [0.2, 0.25) is 0 Å². The van der Waals surface area contributed by atoms with Crippen molar-refractivity contribution >= 4 is 17.5 Å². The van der Waals surface area contributed by atoms with Gasteiger partial charge in [0.2, 0.25) is 0 Å². The molecule has 0 saturated carbocycles. The van der Waals surface area contributed by atoms with Crippen molar-refractivity contribution in [2.24, 2.45) is 5.73 Å². The third-order valence-electron chi connectivity index (χ3n) is 2.40. The van der Waals surface area contributed by atoms with Crippen LogP contribution in [0.3, 0.4) is 0 Å². The maximum Gasteiger partial charge on any atom is 0.488 e. The van der Waals surface area contributed by atoms with E-state index in [4.69, 9.17) is 5.73 Å². The Morgan fingerprint density at radius 3 is 2.32 bits per heavy atom. The lowest BCUT2D eigenvalue weighted by Crippen LogP contribution is -2.20. The minimum absolute atomic E-state index is 0.0855. The lowest BCUT2D eigenvalue weighted by Gasteiger charge is -2.18. The fourth-order valence-corrected chi connectivity index (χ4v) is 1.97. The van der Waals surface area contributed by atoms with E-state index in [-0.39, 0.29) is 23.2 Å². The van der Waals surface area contributed by atoms with Crippen molar-refractivity contribution in [3.63, 3.8) is 0 Å². The second-order valence-corrected chi connectivity index (χ2v) is 4.93. The molecule has 10 heteroatoms. The van der Waals surface area contributed by atoms with Crippen LogP contribution in [0.15, 0.2) is 12.1 Å². The van der Waals surface area contributed by atoms with E-state index in [1.165, 1.54) is 13.0 Å². The quantitative estimate of drug-likeness (QED) is 0.513. The zero-order valence-corrected chi connectivity index (χ0v) is 10.7. The molecule has 0 fully saturated rings. The van der Waals surface area contributed by atoms with Gasteiger partial charge >= 0.3 is 17.5 Å². The number of benzene rings is 1. The zero-order chi connectivity index (χ0) is 14.8. The van der Waals surface area contributed by atoms with Crippen LogP contribution in [-0.4, -0.2) is 15.4 Å². The largest absolute Gasteiger partial charge is 0.488 e. The second kappa shape index (κ2) is 5.37. The summed E-state index contributed by atoms with van der Waals surface area (Å²) in [4.78, 5) is 0. The Hall–Kier alpha value is -1.29. The van der Waals surface area contributed by atoms with Crippen molar-refractivity contribution in [2.75, 3.05) is 0 Å². The van der Waals surface area contributed by atoms with Crippen LogP contribution in [0.5, 0.6) is 5.75 Å². The molecule has 0 aliphatic heterocycles. The van der Waals surface area contributed by atoms with Crippen molar-refractivity contribution in [1.82, 2.24) is 0 Å².